The normalized spacial score (nSPS) is 21.2. The quantitative estimate of drug-likeness (QED) is 0.413. The van der Waals surface area contributed by atoms with Crippen LogP contribution in [-0.2, 0) is 13.0 Å². The number of rotatable bonds is 10. The maximum Gasteiger partial charge on any atom is 0.278 e. The number of carbonyl (C=O) groups excluding carboxylic acids is 1. The maximum atomic E-state index is 13.0. The molecule has 0 amide bonds. The van der Waals surface area contributed by atoms with Crippen molar-refractivity contribution in [1.29, 1.82) is 0 Å². The van der Waals surface area contributed by atoms with Crippen molar-refractivity contribution in [2.24, 2.45) is 11.8 Å². The molecule has 6 nitrogen and oxygen atoms in total. The minimum atomic E-state index is -2.85. The van der Waals surface area contributed by atoms with Gasteiger partial charge in [0.15, 0.2) is 12.4 Å². The highest BCUT2D eigenvalue weighted by Gasteiger charge is 2.27. The molecule has 9 heteroatoms. The molecule has 0 atom stereocenters. The number of hydrogen-bond acceptors (Lipinski definition) is 7. The second-order valence-corrected chi connectivity index (χ2v) is 10.6. The van der Waals surface area contributed by atoms with Crippen LogP contribution >= 0.6 is 11.3 Å². The second-order valence-electron chi connectivity index (χ2n) is 9.60. The molecule has 4 rings (SSSR count). The van der Waals surface area contributed by atoms with E-state index in [2.05, 4.69) is 14.9 Å². The van der Waals surface area contributed by atoms with Crippen LogP contribution in [0.5, 0.6) is 11.1 Å². The Balaban J connectivity index is 1.18. The number of thiazole rings is 1. The van der Waals surface area contributed by atoms with Crippen molar-refractivity contribution in [2.75, 3.05) is 26.8 Å². The van der Waals surface area contributed by atoms with Crippen molar-refractivity contribution < 1.29 is 23.0 Å². The summed E-state index contributed by atoms with van der Waals surface area (Å²) in [5.74, 6) is -1.16. The van der Waals surface area contributed by atoms with E-state index in [4.69, 9.17) is 9.47 Å². The summed E-state index contributed by atoms with van der Waals surface area (Å²) in [6.45, 7) is 2.96. The summed E-state index contributed by atoms with van der Waals surface area (Å²) >= 11 is 1.40. The van der Waals surface area contributed by atoms with Crippen LogP contribution in [0.15, 0.2) is 18.2 Å². The molecule has 34 heavy (non-hydrogen) atoms. The number of methoxy groups -OCH3 is 1. The van der Waals surface area contributed by atoms with Gasteiger partial charge in [0, 0.05) is 37.4 Å². The number of pyridine rings is 1. The molecule has 1 fully saturated rings. The van der Waals surface area contributed by atoms with E-state index in [-0.39, 0.29) is 5.78 Å². The van der Waals surface area contributed by atoms with Crippen LogP contribution < -0.4 is 9.47 Å². The van der Waals surface area contributed by atoms with Crippen LogP contribution in [0.3, 0.4) is 0 Å². The van der Waals surface area contributed by atoms with Gasteiger partial charge in [0.05, 0.1) is 12.8 Å². The van der Waals surface area contributed by atoms with Crippen LogP contribution in [-0.4, -0.2) is 53.4 Å². The Morgan fingerprint density at radius 3 is 2.71 bits per heavy atom. The summed E-state index contributed by atoms with van der Waals surface area (Å²) in [5.41, 5.74) is 1.46. The van der Waals surface area contributed by atoms with Crippen molar-refractivity contribution in [3.8, 4) is 11.1 Å². The van der Waals surface area contributed by atoms with E-state index in [1.165, 1.54) is 11.3 Å². The number of alkyl halides is 2. The zero-order chi connectivity index (χ0) is 24.1. The van der Waals surface area contributed by atoms with Gasteiger partial charge in [-0.25, -0.2) is 18.7 Å². The largest absolute Gasteiger partial charge is 0.481 e. The number of Topliss-reactive ketones (excluding diaryl/α,β-unsaturated/α-hetero) is 1. The Labute approximate surface area is 203 Å². The van der Waals surface area contributed by atoms with Gasteiger partial charge in [0.25, 0.3) is 11.1 Å². The van der Waals surface area contributed by atoms with Gasteiger partial charge in [-0.1, -0.05) is 30.2 Å². The lowest BCUT2D eigenvalue weighted by molar-refractivity contribution is -0.0230. The molecule has 2 aromatic rings. The fraction of sp³-hybridized carbons (Fsp3) is 0.640. The summed E-state index contributed by atoms with van der Waals surface area (Å²) in [5, 5.41) is 0.352. The first-order valence-electron chi connectivity index (χ1n) is 12.0. The zero-order valence-electron chi connectivity index (χ0n) is 19.9. The molecule has 0 unspecified atom stereocenters. The van der Waals surface area contributed by atoms with E-state index in [1.807, 2.05) is 6.07 Å². The molecule has 186 valence electrons. The van der Waals surface area contributed by atoms with Gasteiger partial charge in [-0.15, -0.1) is 0 Å². The van der Waals surface area contributed by atoms with E-state index in [0.717, 1.165) is 75.7 Å². The monoisotopic (exact) mass is 493 g/mol. The van der Waals surface area contributed by atoms with Gasteiger partial charge < -0.3 is 9.47 Å². The number of halogens is 2. The van der Waals surface area contributed by atoms with Crippen LogP contribution in [0, 0.1) is 11.8 Å². The molecular weight excluding hydrogens is 460 g/mol. The lowest BCUT2D eigenvalue weighted by Gasteiger charge is -2.31. The Morgan fingerprint density at radius 2 is 1.97 bits per heavy atom. The van der Waals surface area contributed by atoms with Crippen molar-refractivity contribution in [2.45, 2.75) is 64.3 Å². The van der Waals surface area contributed by atoms with Gasteiger partial charge >= 0.3 is 0 Å². The number of ketones is 1. The van der Waals surface area contributed by atoms with Gasteiger partial charge in [0.1, 0.15) is 5.69 Å². The van der Waals surface area contributed by atoms with Gasteiger partial charge in [-0.3, -0.25) is 9.69 Å². The third-order valence-corrected chi connectivity index (χ3v) is 7.82. The number of nitrogens with zero attached hydrogens (tertiary/aromatic N) is 3. The Hall–Kier alpha value is -2.13. The van der Waals surface area contributed by atoms with Crippen molar-refractivity contribution in [1.82, 2.24) is 14.9 Å². The molecule has 0 aromatic carbocycles. The van der Waals surface area contributed by atoms with E-state index >= 15 is 0 Å². The molecular formula is C25H33F2N3O3S. The van der Waals surface area contributed by atoms with Gasteiger partial charge in [-0.05, 0) is 50.1 Å². The SMILES string of the molecule is COc1cccc(C(=O)CC2CCC(CCN3CCc4sc(OCC(C)(F)F)nc4C3)CC2)n1. The molecule has 1 saturated carbocycles. The van der Waals surface area contributed by atoms with Crippen molar-refractivity contribution in [3.63, 3.8) is 0 Å². The molecule has 2 aliphatic rings. The smallest absolute Gasteiger partial charge is 0.278 e. The first-order valence-corrected chi connectivity index (χ1v) is 12.9. The van der Waals surface area contributed by atoms with E-state index in [0.29, 0.717) is 35.0 Å². The minimum Gasteiger partial charge on any atom is -0.481 e. The molecule has 0 N–H and O–H groups in total. The summed E-state index contributed by atoms with van der Waals surface area (Å²) in [4.78, 5) is 24.9. The first-order chi connectivity index (χ1) is 16.3. The first kappa shape index (κ1) is 25.0. The number of carbonyl (C=O) groups is 1. The number of fused-ring (bicyclic) bond motifs is 1. The summed E-state index contributed by atoms with van der Waals surface area (Å²) in [6, 6.07) is 5.32. The van der Waals surface area contributed by atoms with Crippen molar-refractivity contribution in [3.05, 3.63) is 34.5 Å². The number of hydrogen-bond donors (Lipinski definition) is 0. The number of aromatic nitrogens is 2. The fourth-order valence-corrected chi connectivity index (χ4v) is 5.72. The lowest BCUT2D eigenvalue weighted by atomic mass is 9.78. The third-order valence-electron chi connectivity index (χ3n) is 6.75. The Bertz CT molecular complexity index is 971. The highest BCUT2D eigenvalue weighted by atomic mass is 32.1. The maximum absolute atomic E-state index is 13.0. The predicted octanol–water partition coefficient (Wildman–Crippen LogP) is 5.41. The second kappa shape index (κ2) is 11.1. The molecule has 0 radical (unpaired) electrons. The van der Waals surface area contributed by atoms with Gasteiger partial charge in [-0.2, -0.15) is 0 Å². The van der Waals surface area contributed by atoms with Crippen LogP contribution in [0.4, 0.5) is 8.78 Å². The van der Waals surface area contributed by atoms with E-state index < -0.39 is 12.5 Å². The van der Waals surface area contributed by atoms with Crippen molar-refractivity contribution >= 4 is 17.1 Å². The average molecular weight is 494 g/mol. The number of ether oxygens (including phenoxy) is 2. The summed E-state index contributed by atoms with van der Waals surface area (Å²) in [6.07, 6.45) is 7.07. The summed E-state index contributed by atoms with van der Waals surface area (Å²) < 4.78 is 36.4. The predicted molar refractivity (Wildman–Crippen MR) is 127 cm³/mol. The Morgan fingerprint density at radius 1 is 1.21 bits per heavy atom. The van der Waals surface area contributed by atoms with E-state index in [1.54, 1.807) is 19.2 Å². The minimum absolute atomic E-state index is 0.0979. The fourth-order valence-electron chi connectivity index (χ4n) is 4.81. The molecule has 0 spiro atoms. The van der Waals surface area contributed by atoms with Crippen LogP contribution in [0.2, 0.25) is 0 Å². The summed E-state index contributed by atoms with van der Waals surface area (Å²) in [7, 11) is 1.56. The Kier molecular flexibility index (Phi) is 8.14. The molecule has 1 aliphatic heterocycles. The van der Waals surface area contributed by atoms with Crippen LogP contribution in [0.25, 0.3) is 0 Å². The van der Waals surface area contributed by atoms with E-state index in [9.17, 15) is 13.6 Å². The molecule has 2 aromatic heterocycles. The third kappa shape index (κ3) is 6.95. The highest BCUT2D eigenvalue weighted by molar-refractivity contribution is 7.13. The lowest BCUT2D eigenvalue weighted by Crippen LogP contribution is -2.32. The van der Waals surface area contributed by atoms with Crippen LogP contribution in [0.1, 0.15) is 66.5 Å². The highest BCUT2D eigenvalue weighted by Crippen LogP contribution is 2.35. The van der Waals surface area contributed by atoms with Gasteiger partial charge in [0.2, 0.25) is 5.88 Å². The molecule has 3 heterocycles. The standard InChI is InChI=1S/C25H33F2N3O3S/c1-25(26,27)16-33-24-29-20-15-30(13-11-22(20)34-24)12-10-17-6-8-18(9-7-17)14-21(31)19-4-3-5-23(28-19)32-2/h3-5,17-18H,6-16H2,1-2H3. The molecule has 0 saturated heterocycles. The average Bonchev–Trinajstić information content (AvgIpc) is 3.24. The molecule has 1 aliphatic carbocycles. The molecule has 0 bridgehead atoms. The topological polar surface area (TPSA) is 64.5 Å². The zero-order valence-corrected chi connectivity index (χ0v) is 20.7.